The van der Waals surface area contributed by atoms with E-state index in [2.05, 4.69) is 31.1 Å². The maximum absolute atomic E-state index is 13.5. The minimum absolute atomic E-state index is 0.0986. The SMILES string of the molecule is CC(C)c1cc(F)ccc1NC(=S)NC(=O)NCc1cccc(-c2ncn[nH]2)c1. The number of amides is 2. The van der Waals surface area contributed by atoms with E-state index in [0.29, 0.717) is 18.1 Å². The van der Waals surface area contributed by atoms with Crippen molar-refractivity contribution in [3.63, 3.8) is 0 Å². The van der Waals surface area contributed by atoms with Crippen LogP contribution in [0.3, 0.4) is 0 Å². The molecule has 0 aliphatic carbocycles. The number of hydrogen-bond donors (Lipinski definition) is 4. The van der Waals surface area contributed by atoms with Gasteiger partial charge in [-0.1, -0.05) is 32.0 Å². The standard InChI is InChI=1S/C20H21FN6OS/c1-12(2)16-9-15(21)6-7-17(16)25-20(29)26-19(28)22-10-13-4-3-5-14(8-13)18-23-11-24-27-18/h3-9,11-12H,10H2,1-2H3,(H,23,24,27)(H3,22,25,26,28,29). The van der Waals surface area contributed by atoms with Gasteiger partial charge in [0.25, 0.3) is 0 Å². The molecule has 7 nitrogen and oxygen atoms in total. The van der Waals surface area contributed by atoms with Crippen molar-refractivity contribution in [2.75, 3.05) is 5.32 Å². The Balaban J connectivity index is 1.55. The van der Waals surface area contributed by atoms with Crippen molar-refractivity contribution >= 4 is 29.0 Å². The predicted octanol–water partition coefficient (Wildman–Crippen LogP) is 3.93. The van der Waals surface area contributed by atoms with Crippen LogP contribution in [0.15, 0.2) is 48.8 Å². The van der Waals surface area contributed by atoms with Crippen LogP contribution in [0.4, 0.5) is 14.9 Å². The molecule has 0 atom stereocenters. The zero-order valence-electron chi connectivity index (χ0n) is 16.0. The molecule has 29 heavy (non-hydrogen) atoms. The molecule has 2 amide bonds. The smallest absolute Gasteiger partial charge is 0.321 e. The lowest BCUT2D eigenvalue weighted by Crippen LogP contribution is -2.41. The molecule has 0 bridgehead atoms. The van der Waals surface area contributed by atoms with Gasteiger partial charge in [0, 0.05) is 17.8 Å². The molecule has 0 saturated carbocycles. The molecule has 0 spiro atoms. The minimum atomic E-state index is -0.444. The molecule has 3 aromatic rings. The van der Waals surface area contributed by atoms with Gasteiger partial charge in [0.05, 0.1) is 0 Å². The van der Waals surface area contributed by atoms with E-state index >= 15 is 0 Å². The number of carbonyl (C=O) groups is 1. The first-order valence-corrected chi connectivity index (χ1v) is 9.43. The Hall–Kier alpha value is -3.33. The largest absolute Gasteiger partial charge is 0.334 e. The summed E-state index contributed by atoms with van der Waals surface area (Å²) in [5.41, 5.74) is 3.20. The molecule has 3 rings (SSSR count). The van der Waals surface area contributed by atoms with Gasteiger partial charge in [-0.15, -0.1) is 0 Å². The molecule has 0 unspecified atom stereocenters. The average molecular weight is 412 g/mol. The quantitative estimate of drug-likeness (QED) is 0.477. The van der Waals surface area contributed by atoms with Gasteiger partial charge in [0.2, 0.25) is 0 Å². The van der Waals surface area contributed by atoms with Crippen molar-refractivity contribution in [3.8, 4) is 11.4 Å². The van der Waals surface area contributed by atoms with Gasteiger partial charge in [-0.3, -0.25) is 10.4 Å². The molecule has 9 heteroatoms. The fourth-order valence-corrected chi connectivity index (χ4v) is 2.98. The Morgan fingerprint density at radius 2 is 2.07 bits per heavy atom. The van der Waals surface area contributed by atoms with Gasteiger partial charge in [0.1, 0.15) is 12.1 Å². The number of thiocarbonyl (C=S) groups is 1. The fraction of sp³-hybridized carbons (Fsp3) is 0.200. The summed E-state index contributed by atoms with van der Waals surface area (Å²) in [6.45, 7) is 4.22. The lowest BCUT2D eigenvalue weighted by atomic mass is 10.0. The third-order valence-corrected chi connectivity index (χ3v) is 4.38. The number of rotatable bonds is 5. The van der Waals surface area contributed by atoms with E-state index in [4.69, 9.17) is 12.2 Å². The molecule has 0 aliphatic heterocycles. The van der Waals surface area contributed by atoms with E-state index in [1.165, 1.54) is 18.5 Å². The van der Waals surface area contributed by atoms with Crippen LogP contribution >= 0.6 is 12.2 Å². The van der Waals surface area contributed by atoms with Gasteiger partial charge in [-0.05, 0) is 53.5 Å². The first-order chi connectivity index (χ1) is 13.9. The monoisotopic (exact) mass is 412 g/mol. The Bertz CT molecular complexity index is 1010. The summed E-state index contributed by atoms with van der Waals surface area (Å²) in [5.74, 6) is 0.437. The highest BCUT2D eigenvalue weighted by Crippen LogP contribution is 2.25. The fourth-order valence-electron chi connectivity index (χ4n) is 2.78. The molecular formula is C20H21FN6OS. The van der Waals surface area contributed by atoms with Gasteiger partial charge in [0.15, 0.2) is 10.9 Å². The molecular weight excluding hydrogens is 391 g/mol. The van der Waals surface area contributed by atoms with Crippen molar-refractivity contribution < 1.29 is 9.18 Å². The highest BCUT2D eigenvalue weighted by molar-refractivity contribution is 7.80. The number of aromatic amines is 1. The van der Waals surface area contributed by atoms with Crippen LogP contribution < -0.4 is 16.0 Å². The molecule has 1 heterocycles. The zero-order valence-corrected chi connectivity index (χ0v) is 16.8. The Morgan fingerprint density at radius 1 is 1.24 bits per heavy atom. The van der Waals surface area contributed by atoms with Crippen LogP contribution in [-0.2, 0) is 6.54 Å². The average Bonchev–Trinajstić information content (AvgIpc) is 3.23. The summed E-state index contributed by atoms with van der Waals surface area (Å²) >= 11 is 5.20. The predicted molar refractivity (Wildman–Crippen MR) is 114 cm³/mol. The van der Waals surface area contributed by atoms with Crippen molar-refractivity contribution in [1.82, 2.24) is 25.8 Å². The number of benzene rings is 2. The lowest BCUT2D eigenvalue weighted by Gasteiger charge is -2.16. The molecule has 0 fully saturated rings. The topological polar surface area (TPSA) is 94.7 Å². The van der Waals surface area contributed by atoms with Gasteiger partial charge in [-0.25, -0.2) is 14.2 Å². The number of H-pyrrole nitrogens is 1. The van der Waals surface area contributed by atoms with Crippen LogP contribution in [0.25, 0.3) is 11.4 Å². The summed E-state index contributed by atoms with van der Waals surface area (Å²) in [5, 5.41) is 15.0. The minimum Gasteiger partial charge on any atom is -0.334 e. The molecule has 0 radical (unpaired) electrons. The third kappa shape index (κ3) is 5.58. The first kappa shape index (κ1) is 20.4. The van der Waals surface area contributed by atoms with E-state index in [0.717, 1.165) is 16.7 Å². The lowest BCUT2D eigenvalue weighted by molar-refractivity contribution is 0.245. The van der Waals surface area contributed by atoms with Gasteiger partial charge < -0.3 is 10.6 Å². The molecule has 4 N–H and O–H groups in total. The number of nitrogens with one attached hydrogen (secondary N) is 4. The van der Waals surface area contributed by atoms with Crippen LogP contribution in [0.1, 0.15) is 30.9 Å². The van der Waals surface area contributed by atoms with E-state index < -0.39 is 6.03 Å². The molecule has 150 valence electrons. The number of aromatic nitrogens is 3. The second-order valence-electron chi connectivity index (χ2n) is 6.68. The highest BCUT2D eigenvalue weighted by Gasteiger charge is 2.11. The van der Waals surface area contributed by atoms with E-state index in [1.807, 2.05) is 38.1 Å². The Morgan fingerprint density at radius 3 is 2.79 bits per heavy atom. The molecule has 0 aliphatic rings. The summed E-state index contributed by atoms with van der Waals surface area (Å²) in [6.07, 6.45) is 1.44. The number of nitrogens with zero attached hydrogens (tertiary/aromatic N) is 2. The van der Waals surface area contributed by atoms with Crippen LogP contribution in [0.5, 0.6) is 0 Å². The van der Waals surface area contributed by atoms with Crippen molar-refractivity contribution in [3.05, 3.63) is 65.7 Å². The number of carbonyl (C=O) groups excluding carboxylic acids is 1. The number of hydrogen-bond acceptors (Lipinski definition) is 4. The third-order valence-electron chi connectivity index (χ3n) is 4.18. The summed E-state index contributed by atoms with van der Waals surface area (Å²) in [7, 11) is 0. The molecule has 0 saturated heterocycles. The zero-order chi connectivity index (χ0) is 20.8. The second-order valence-corrected chi connectivity index (χ2v) is 7.09. The first-order valence-electron chi connectivity index (χ1n) is 9.02. The van der Waals surface area contributed by atoms with E-state index in [-0.39, 0.29) is 16.8 Å². The molecule has 2 aromatic carbocycles. The maximum Gasteiger partial charge on any atom is 0.321 e. The number of halogens is 1. The van der Waals surface area contributed by atoms with Crippen molar-refractivity contribution in [2.45, 2.75) is 26.3 Å². The van der Waals surface area contributed by atoms with Crippen LogP contribution in [-0.4, -0.2) is 26.3 Å². The number of urea groups is 1. The van der Waals surface area contributed by atoms with E-state index in [1.54, 1.807) is 6.07 Å². The Kier molecular flexibility index (Phi) is 6.50. The van der Waals surface area contributed by atoms with Crippen molar-refractivity contribution in [1.29, 1.82) is 0 Å². The van der Waals surface area contributed by atoms with Gasteiger partial charge in [-0.2, -0.15) is 5.10 Å². The maximum atomic E-state index is 13.5. The van der Waals surface area contributed by atoms with Gasteiger partial charge >= 0.3 is 6.03 Å². The van der Waals surface area contributed by atoms with Crippen molar-refractivity contribution in [2.24, 2.45) is 0 Å². The number of anilines is 1. The normalized spacial score (nSPS) is 10.6. The summed E-state index contributed by atoms with van der Waals surface area (Å²) in [4.78, 5) is 16.3. The van der Waals surface area contributed by atoms with E-state index in [9.17, 15) is 9.18 Å². The molecule has 1 aromatic heterocycles. The Labute approximate surface area is 173 Å². The summed E-state index contributed by atoms with van der Waals surface area (Å²) in [6, 6.07) is 11.5. The van der Waals surface area contributed by atoms with Crippen LogP contribution in [0.2, 0.25) is 0 Å². The van der Waals surface area contributed by atoms with Crippen LogP contribution in [0, 0.1) is 5.82 Å². The highest BCUT2D eigenvalue weighted by atomic mass is 32.1. The summed E-state index contributed by atoms with van der Waals surface area (Å²) < 4.78 is 13.5. The second kappa shape index (κ2) is 9.24.